The molecule has 1 aromatic heterocycles. The van der Waals surface area contributed by atoms with Gasteiger partial charge in [-0.2, -0.15) is 0 Å². The molecule has 26 heavy (non-hydrogen) atoms. The van der Waals surface area contributed by atoms with Crippen LogP contribution in [0.4, 0.5) is 5.82 Å². The molecule has 1 aromatic rings. The Morgan fingerprint density at radius 2 is 1.92 bits per heavy atom. The number of carbonyl (C=O) groups excluding carboxylic acids is 1. The van der Waals surface area contributed by atoms with E-state index in [0.29, 0.717) is 18.4 Å². The summed E-state index contributed by atoms with van der Waals surface area (Å²) in [5, 5.41) is 3.12. The van der Waals surface area contributed by atoms with Crippen molar-refractivity contribution in [2.45, 2.75) is 51.1 Å². The van der Waals surface area contributed by atoms with Crippen LogP contribution in [0.1, 0.15) is 44.1 Å². The predicted molar refractivity (Wildman–Crippen MR) is 109 cm³/mol. The molecule has 2 heterocycles. The van der Waals surface area contributed by atoms with Crippen molar-refractivity contribution in [3.8, 4) is 0 Å². The van der Waals surface area contributed by atoms with Gasteiger partial charge in [0.25, 0.3) is 0 Å². The highest BCUT2D eigenvalue weighted by Gasteiger charge is 2.48. The highest BCUT2D eigenvalue weighted by Crippen LogP contribution is 2.47. The quantitative estimate of drug-likeness (QED) is 0.814. The van der Waals surface area contributed by atoms with Crippen molar-refractivity contribution in [1.29, 1.82) is 0 Å². The van der Waals surface area contributed by atoms with Crippen molar-refractivity contribution in [3.63, 3.8) is 0 Å². The Bertz CT molecular complexity index is 607. The third kappa shape index (κ3) is 4.26. The maximum absolute atomic E-state index is 12.6. The van der Waals surface area contributed by atoms with E-state index in [9.17, 15) is 4.79 Å². The highest BCUT2D eigenvalue weighted by molar-refractivity contribution is 5.85. The van der Waals surface area contributed by atoms with Gasteiger partial charge in [0.15, 0.2) is 0 Å². The van der Waals surface area contributed by atoms with E-state index in [2.05, 4.69) is 21.3 Å². The second kappa shape index (κ2) is 9.25. The van der Waals surface area contributed by atoms with Crippen molar-refractivity contribution < 1.29 is 4.79 Å². The first-order valence-corrected chi connectivity index (χ1v) is 9.45. The van der Waals surface area contributed by atoms with Crippen molar-refractivity contribution in [1.82, 2.24) is 10.3 Å². The lowest BCUT2D eigenvalue weighted by atomic mass is 9.84. The number of nitrogens with two attached hydrogens (primary N) is 1. The van der Waals surface area contributed by atoms with Crippen LogP contribution in [0.2, 0.25) is 0 Å². The van der Waals surface area contributed by atoms with E-state index in [0.717, 1.165) is 30.9 Å². The Morgan fingerprint density at radius 3 is 2.62 bits per heavy atom. The van der Waals surface area contributed by atoms with Crippen molar-refractivity contribution in [3.05, 3.63) is 23.9 Å². The molecule has 3 N–H and O–H groups in total. The van der Waals surface area contributed by atoms with Gasteiger partial charge >= 0.3 is 0 Å². The van der Waals surface area contributed by atoms with Crippen LogP contribution in [-0.2, 0) is 11.3 Å². The third-order valence-corrected chi connectivity index (χ3v) is 6.24. The summed E-state index contributed by atoms with van der Waals surface area (Å²) < 4.78 is 0. The monoisotopic (exact) mass is 400 g/mol. The zero-order valence-electron chi connectivity index (χ0n) is 15.1. The third-order valence-electron chi connectivity index (χ3n) is 6.24. The maximum atomic E-state index is 12.6. The van der Waals surface area contributed by atoms with E-state index in [-0.39, 0.29) is 42.7 Å². The lowest BCUT2D eigenvalue weighted by molar-refractivity contribution is -0.127. The standard InChI is InChI=1S/C19H28N4O.2ClH/c20-18-15-5-4-14(11-15)17(18)19(24)22-12-13-6-7-21-16(10-13)23-8-2-1-3-9-23;;/h6-7,10,14-15,17-18H,1-5,8-9,11-12,20H2,(H,22,24);2*1H. The summed E-state index contributed by atoms with van der Waals surface area (Å²) in [6.07, 6.45) is 9.18. The van der Waals surface area contributed by atoms with Crippen molar-refractivity contribution in [2.75, 3.05) is 18.0 Å². The van der Waals surface area contributed by atoms with E-state index >= 15 is 0 Å². The first kappa shape index (κ1) is 21.3. The van der Waals surface area contributed by atoms with E-state index in [1.54, 1.807) is 0 Å². The van der Waals surface area contributed by atoms with Gasteiger partial charge in [-0.05, 0) is 68.1 Å². The van der Waals surface area contributed by atoms with Crippen LogP contribution < -0.4 is 16.0 Å². The normalized spacial score (nSPS) is 29.7. The average Bonchev–Trinajstić information content (AvgIpc) is 3.22. The molecule has 2 aliphatic carbocycles. The molecule has 146 valence electrons. The molecule has 0 radical (unpaired) electrons. The molecule has 4 atom stereocenters. The van der Waals surface area contributed by atoms with Gasteiger partial charge in [-0.1, -0.05) is 0 Å². The van der Waals surface area contributed by atoms with E-state index in [1.807, 2.05) is 12.3 Å². The Kier molecular flexibility index (Phi) is 7.56. The minimum Gasteiger partial charge on any atom is -0.357 e. The van der Waals surface area contributed by atoms with Crippen LogP contribution in [-0.4, -0.2) is 30.0 Å². The fourth-order valence-electron chi connectivity index (χ4n) is 4.90. The largest absolute Gasteiger partial charge is 0.357 e. The minimum absolute atomic E-state index is 0. The van der Waals surface area contributed by atoms with Crippen LogP contribution >= 0.6 is 24.8 Å². The summed E-state index contributed by atoms with van der Waals surface area (Å²) in [5.41, 5.74) is 7.40. The molecular weight excluding hydrogens is 371 g/mol. The Labute approximate surface area is 168 Å². The number of piperidine rings is 1. The molecule has 2 bridgehead atoms. The number of aromatic nitrogens is 1. The van der Waals surface area contributed by atoms with Crippen LogP contribution in [0.15, 0.2) is 18.3 Å². The van der Waals surface area contributed by atoms with Gasteiger partial charge in [0, 0.05) is 31.9 Å². The van der Waals surface area contributed by atoms with Crippen molar-refractivity contribution in [2.24, 2.45) is 23.5 Å². The molecule has 4 unspecified atom stereocenters. The lowest BCUT2D eigenvalue weighted by Gasteiger charge is -2.28. The second-order valence-electron chi connectivity index (χ2n) is 7.72. The molecule has 5 nitrogen and oxygen atoms in total. The Hall–Kier alpha value is -1.04. The molecule has 0 spiro atoms. The van der Waals surface area contributed by atoms with Crippen LogP contribution in [0.25, 0.3) is 0 Å². The smallest absolute Gasteiger partial charge is 0.225 e. The SMILES string of the molecule is Cl.Cl.NC1C2CCC(C2)C1C(=O)NCc1ccnc(N2CCCCC2)c1. The average molecular weight is 401 g/mol. The first-order chi connectivity index (χ1) is 11.7. The number of nitrogens with zero attached hydrogens (tertiary/aromatic N) is 2. The molecule has 0 aromatic carbocycles. The minimum atomic E-state index is 0. The molecule has 1 aliphatic heterocycles. The summed E-state index contributed by atoms with van der Waals surface area (Å²) in [6, 6.07) is 4.17. The summed E-state index contributed by atoms with van der Waals surface area (Å²) in [6.45, 7) is 2.74. The van der Waals surface area contributed by atoms with Crippen LogP contribution in [0.5, 0.6) is 0 Å². The number of amides is 1. The van der Waals surface area contributed by atoms with Crippen LogP contribution in [0, 0.1) is 17.8 Å². The second-order valence-corrected chi connectivity index (χ2v) is 7.72. The highest BCUT2D eigenvalue weighted by atomic mass is 35.5. The Balaban J connectivity index is 0.00000121. The van der Waals surface area contributed by atoms with Gasteiger partial charge in [0.2, 0.25) is 5.91 Å². The maximum Gasteiger partial charge on any atom is 0.225 e. The summed E-state index contributed by atoms with van der Waals surface area (Å²) >= 11 is 0. The zero-order chi connectivity index (χ0) is 16.5. The van der Waals surface area contributed by atoms with E-state index in [1.165, 1.54) is 32.1 Å². The van der Waals surface area contributed by atoms with E-state index < -0.39 is 0 Å². The van der Waals surface area contributed by atoms with Crippen LogP contribution in [0.3, 0.4) is 0 Å². The number of carbonyl (C=O) groups is 1. The number of anilines is 1. The van der Waals surface area contributed by atoms with Gasteiger partial charge in [0.1, 0.15) is 5.82 Å². The number of hydrogen-bond acceptors (Lipinski definition) is 4. The number of nitrogens with one attached hydrogen (secondary N) is 1. The number of fused-ring (bicyclic) bond motifs is 2. The first-order valence-electron chi connectivity index (χ1n) is 9.45. The molecule has 2 saturated carbocycles. The lowest BCUT2D eigenvalue weighted by Crippen LogP contribution is -2.45. The topological polar surface area (TPSA) is 71.2 Å². The number of hydrogen-bond donors (Lipinski definition) is 2. The molecule has 4 rings (SSSR count). The van der Waals surface area contributed by atoms with Gasteiger partial charge < -0.3 is 16.0 Å². The molecule has 3 aliphatic rings. The summed E-state index contributed by atoms with van der Waals surface area (Å²) in [4.78, 5) is 19.4. The molecular formula is C19H30Cl2N4O. The van der Waals surface area contributed by atoms with E-state index in [4.69, 9.17) is 5.73 Å². The molecule has 1 saturated heterocycles. The summed E-state index contributed by atoms with van der Waals surface area (Å²) in [7, 11) is 0. The van der Waals surface area contributed by atoms with Crippen molar-refractivity contribution >= 4 is 36.5 Å². The molecule has 3 fully saturated rings. The summed E-state index contributed by atoms with van der Waals surface area (Å²) in [5.74, 6) is 2.28. The number of halogens is 2. The van der Waals surface area contributed by atoms with Gasteiger partial charge in [0.05, 0.1) is 5.92 Å². The zero-order valence-corrected chi connectivity index (χ0v) is 16.7. The van der Waals surface area contributed by atoms with Gasteiger partial charge in [-0.15, -0.1) is 24.8 Å². The number of rotatable bonds is 4. The molecule has 7 heteroatoms. The fourth-order valence-corrected chi connectivity index (χ4v) is 4.90. The Morgan fingerprint density at radius 1 is 1.19 bits per heavy atom. The van der Waals surface area contributed by atoms with Gasteiger partial charge in [-0.3, -0.25) is 4.79 Å². The fraction of sp³-hybridized carbons (Fsp3) is 0.684. The van der Waals surface area contributed by atoms with Gasteiger partial charge in [-0.25, -0.2) is 4.98 Å². The number of pyridine rings is 1. The predicted octanol–water partition coefficient (Wildman–Crippen LogP) is 2.91. The molecule has 1 amide bonds.